The van der Waals surface area contributed by atoms with Gasteiger partial charge in [0, 0.05) is 5.56 Å². The summed E-state index contributed by atoms with van der Waals surface area (Å²) in [5, 5.41) is 0.709. The zero-order valence-electron chi connectivity index (χ0n) is 10.3. The molecule has 4 heteroatoms. The van der Waals surface area contributed by atoms with Crippen molar-refractivity contribution in [3.05, 3.63) is 64.4 Å². The molecular weight excluding hydrogens is 258 g/mol. The molecule has 0 aliphatic heterocycles. The number of fused-ring (bicyclic) bond motifs is 1. The highest BCUT2D eigenvalue weighted by Gasteiger charge is 2.09. The standard InChI is InChI=1S/C15H11NO2S/c1-10(17)11-5-4-6-12(9-11)16-15(18)13-7-2-3-8-14(13)19-16/h2-9H,1H3. The molecule has 0 saturated carbocycles. The minimum absolute atomic E-state index is 0.00369. The van der Waals surface area contributed by atoms with E-state index in [4.69, 9.17) is 0 Å². The lowest BCUT2D eigenvalue weighted by atomic mass is 10.1. The molecule has 19 heavy (non-hydrogen) atoms. The van der Waals surface area contributed by atoms with Crippen molar-refractivity contribution in [1.29, 1.82) is 0 Å². The van der Waals surface area contributed by atoms with E-state index in [0.717, 1.165) is 10.4 Å². The fourth-order valence-corrected chi connectivity index (χ4v) is 2.98. The zero-order chi connectivity index (χ0) is 13.4. The van der Waals surface area contributed by atoms with Crippen LogP contribution in [0.1, 0.15) is 17.3 Å². The molecule has 0 unspecified atom stereocenters. The van der Waals surface area contributed by atoms with Gasteiger partial charge in [-0.05, 0) is 31.2 Å². The number of carbonyl (C=O) groups is 1. The Hall–Kier alpha value is -2.20. The van der Waals surface area contributed by atoms with Gasteiger partial charge in [-0.1, -0.05) is 35.8 Å². The molecule has 0 spiro atoms. The molecule has 0 fully saturated rings. The van der Waals surface area contributed by atoms with Crippen molar-refractivity contribution in [2.45, 2.75) is 6.92 Å². The van der Waals surface area contributed by atoms with Gasteiger partial charge in [0.05, 0.1) is 15.8 Å². The summed E-state index contributed by atoms with van der Waals surface area (Å²) >= 11 is 1.39. The van der Waals surface area contributed by atoms with Gasteiger partial charge in [-0.2, -0.15) is 0 Å². The van der Waals surface area contributed by atoms with Gasteiger partial charge in [-0.15, -0.1) is 0 Å². The summed E-state index contributed by atoms with van der Waals surface area (Å²) in [6.07, 6.45) is 0. The minimum Gasteiger partial charge on any atom is -0.295 e. The van der Waals surface area contributed by atoms with E-state index in [1.54, 1.807) is 22.2 Å². The number of benzene rings is 2. The van der Waals surface area contributed by atoms with Crippen molar-refractivity contribution in [3.63, 3.8) is 0 Å². The molecular formula is C15H11NO2S. The van der Waals surface area contributed by atoms with Gasteiger partial charge in [0.25, 0.3) is 5.56 Å². The largest absolute Gasteiger partial charge is 0.295 e. The Morgan fingerprint density at radius 1 is 1.11 bits per heavy atom. The van der Waals surface area contributed by atoms with E-state index in [1.165, 1.54) is 18.5 Å². The first-order valence-electron chi connectivity index (χ1n) is 5.89. The van der Waals surface area contributed by atoms with Crippen LogP contribution < -0.4 is 5.56 Å². The summed E-state index contributed by atoms with van der Waals surface area (Å²) < 4.78 is 2.57. The number of carbonyl (C=O) groups excluding carboxylic acids is 1. The topological polar surface area (TPSA) is 39.1 Å². The van der Waals surface area contributed by atoms with E-state index in [2.05, 4.69) is 0 Å². The van der Waals surface area contributed by atoms with E-state index in [-0.39, 0.29) is 11.3 Å². The number of Topliss-reactive ketones (excluding diaryl/α,β-unsaturated/α-hetero) is 1. The number of aromatic nitrogens is 1. The zero-order valence-corrected chi connectivity index (χ0v) is 11.1. The van der Waals surface area contributed by atoms with Gasteiger partial charge >= 0.3 is 0 Å². The van der Waals surface area contributed by atoms with Crippen LogP contribution in [-0.4, -0.2) is 9.74 Å². The van der Waals surface area contributed by atoms with Crippen molar-refractivity contribution in [3.8, 4) is 5.69 Å². The van der Waals surface area contributed by atoms with Crippen LogP contribution in [0.5, 0.6) is 0 Å². The Labute approximate surface area is 113 Å². The lowest BCUT2D eigenvalue weighted by Crippen LogP contribution is -2.11. The highest BCUT2D eigenvalue weighted by Crippen LogP contribution is 2.20. The summed E-state index contributed by atoms with van der Waals surface area (Å²) in [4.78, 5) is 23.7. The van der Waals surface area contributed by atoms with Gasteiger partial charge in [0.2, 0.25) is 0 Å². The molecule has 3 aromatic rings. The molecule has 0 aliphatic rings. The fraction of sp³-hybridized carbons (Fsp3) is 0.0667. The number of rotatable bonds is 2. The molecule has 0 aliphatic carbocycles. The van der Waals surface area contributed by atoms with Crippen molar-refractivity contribution >= 4 is 27.4 Å². The van der Waals surface area contributed by atoms with Crippen molar-refractivity contribution < 1.29 is 4.79 Å². The third-order valence-corrected chi connectivity index (χ3v) is 4.09. The summed E-state index contributed by atoms with van der Waals surface area (Å²) in [6, 6.07) is 14.6. The second-order valence-corrected chi connectivity index (χ2v) is 5.28. The van der Waals surface area contributed by atoms with Gasteiger partial charge < -0.3 is 0 Å². The Morgan fingerprint density at radius 3 is 2.63 bits per heavy atom. The lowest BCUT2D eigenvalue weighted by Gasteiger charge is -2.01. The number of nitrogens with zero attached hydrogens (tertiary/aromatic N) is 1. The molecule has 0 bridgehead atoms. The molecule has 0 N–H and O–H groups in total. The first-order chi connectivity index (χ1) is 9.16. The van der Waals surface area contributed by atoms with Crippen LogP contribution in [0.3, 0.4) is 0 Å². The number of hydrogen-bond acceptors (Lipinski definition) is 3. The monoisotopic (exact) mass is 269 g/mol. The maximum atomic E-state index is 12.3. The fourth-order valence-electron chi connectivity index (χ4n) is 1.99. The second kappa shape index (κ2) is 4.48. The first kappa shape index (κ1) is 11.9. The highest BCUT2D eigenvalue weighted by molar-refractivity contribution is 7.14. The molecule has 1 aromatic heterocycles. The molecule has 2 aromatic carbocycles. The summed E-state index contributed by atoms with van der Waals surface area (Å²) in [7, 11) is 0. The molecule has 0 radical (unpaired) electrons. The van der Waals surface area contributed by atoms with Crippen LogP contribution in [0.15, 0.2) is 53.3 Å². The van der Waals surface area contributed by atoms with Crippen molar-refractivity contribution in [1.82, 2.24) is 3.96 Å². The SMILES string of the molecule is CC(=O)c1cccc(-n2sc3ccccc3c2=O)c1. The quantitative estimate of drug-likeness (QED) is 0.670. The average Bonchev–Trinajstić information content (AvgIpc) is 2.77. The van der Waals surface area contributed by atoms with Crippen molar-refractivity contribution in [2.24, 2.45) is 0 Å². The van der Waals surface area contributed by atoms with Crippen LogP contribution in [0.4, 0.5) is 0 Å². The summed E-state index contributed by atoms with van der Waals surface area (Å²) in [5.74, 6) is -0.00369. The smallest absolute Gasteiger partial charge is 0.273 e. The first-order valence-corrected chi connectivity index (χ1v) is 6.66. The van der Waals surface area contributed by atoms with E-state index in [1.807, 2.05) is 30.3 Å². The molecule has 3 nitrogen and oxygen atoms in total. The van der Waals surface area contributed by atoms with Crippen LogP contribution in [0.2, 0.25) is 0 Å². The Kier molecular flexibility index (Phi) is 2.80. The summed E-state index contributed by atoms with van der Waals surface area (Å²) in [6.45, 7) is 1.52. The molecule has 0 amide bonds. The molecule has 3 rings (SSSR count). The Bertz CT molecular complexity index is 829. The van der Waals surface area contributed by atoms with E-state index >= 15 is 0 Å². The normalized spacial score (nSPS) is 10.8. The molecule has 0 atom stereocenters. The predicted octanol–water partition coefficient (Wildman–Crippen LogP) is 3.25. The van der Waals surface area contributed by atoms with E-state index in [9.17, 15) is 9.59 Å². The third kappa shape index (κ3) is 2.00. The van der Waals surface area contributed by atoms with E-state index in [0.29, 0.717) is 10.9 Å². The Balaban J connectivity index is 2.25. The van der Waals surface area contributed by atoms with E-state index < -0.39 is 0 Å². The van der Waals surface area contributed by atoms with Crippen LogP contribution in [0.25, 0.3) is 15.8 Å². The maximum Gasteiger partial charge on any atom is 0.273 e. The van der Waals surface area contributed by atoms with Crippen LogP contribution in [0, 0.1) is 0 Å². The van der Waals surface area contributed by atoms with Gasteiger partial charge in [0.15, 0.2) is 5.78 Å². The maximum absolute atomic E-state index is 12.3. The van der Waals surface area contributed by atoms with Gasteiger partial charge in [0.1, 0.15) is 0 Å². The number of ketones is 1. The number of hydrogen-bond donors (Lipinski definition) is 0. The van der Waals surface area contributed by atoms with Crippen LogP contribution in [-0.2, 0) is 0 Å². The molecule has 0 saturated heterocycles. The van der Waals surface area contributed by atoms with Crippen LogP contribution >= 0.6 is 11.5 Å². The average molecular weight is 269 g/mol. The molecule has 94 valence electrons. The van der Waals surface area contributed by atoms with Crippen molar-refractivity contribution in [2.75, 3.05) is 0 Å². The lowest BCUT2D eigenvalue weighted by molar-refractivity contribution is 0.101. The third-order valence-electron chi connectivity index (χ3n) is 2.98. The second-order valence-electron chi connectivity index (χ2n) is 4.29. The molecule has 1 heterocycles. The van der Waals surface area contributed by atoms with Gasteiger partial charge in [-0.3, -0.25) is 9.59 Å². The van der Waals surface area contributed by atoms with Gasteiger partial charge in [-0.25, -0.2) is 3.96 Å². The minimum atomic E-state index is -0.0405. The highest BCUT2D eigenvalue weighted by atomic mass is 32.1. The Morgan fingerprint density at radius 2 is 1.89 bits per heavy atom. The predicted molar refractivity (Wildman–Crippen MR) is 77.4 cm³/mol. The summed E-state index contributed by atoms with van der Waals surface area (Å²) in [5.41, 5.74) is 1.31.